The van der Waals surface area contributed by atoms with Crippen molar-refractivity contribution in [1.29, 1.82) is 0 Å². The van der Waals surface area contributed by atoms with Crippen molar-refractivity contribution in [3.8, 4) is 0 Å². The van der Waals surface area contributed by atoms with Crippen LogP contribution < -0.4 is 16.0 Å². The average molecular weight is 371 g/mol. The summed E-state index contributed by atoms with van der Waals surface area (Å²) in [6, 6.07) is 10.5. The van der Waals surface area contributed by atoms with E-state index in [9.17, 15) is 0 Å². The molecule has 0 saturated heterocycles. The van der Waals surface area contributed by atoms with Crippen LogP contribution in [0, 0.1) is 0 Å². The molecule has 2 heterocycles. The van der Waals surface area contributed by atoms with Gasteiger partial charge in [-0.1, -0.05) is 18.2 Å². The van der Waals surface area contributed by atoms with Gasteiger partial charge >= 0.3 is 0 Å². The van der Waals surface area contributed by atoms with Crippen molar-refractivity contribution in [1.82, 2.24) is 25.4 Å². The molecule has 0 fully saturated rings. The summed E-state index contributed by atoms with van der Waals surface area (Å²) in [7, 11) is 3.47. The number of aryl methyl sites for hydroxylation is 1. The highest BCUT2D eigenvalue weighted by molar-refractivity contribution is 5.79. The van der Waals surface area contributed by atoms with E-state index in [4.69, 9.17) is 4.74 Å². The molecule has 1 aliphatic heterocycles. The number of hydrogen-bond donors (Lipinski definition) is 3. The first-order chi connectivity index (χ1) is 13.3. The van der Waals surface area contributed by atoms with E-state index in [2.05, 4.69) is 43.2 Å². The largest absolute Gasteiger partial charge is 0.385 e. The number of nitrogens with one attached hydrogen (secondary N) is 3. The molecule has 1 aromatic carbocycles. The minimum absolute atomic E-state index is 0.295. The Morgan fingerprint density at radius 2 is 2.15 bits per heavy atom. The Labute approximate surface area is 160 Å². The van der Waals surface area contributed by atoms with Gasteiger partial charge in [0.25, 0.3) is 0 Å². The van der Waals surface area contributed by atoms with Crippen LogP contribution in [0.5, 0.6) is 0 Å². The fraction of sp³-hybridized carbons (Fsp3) is 0.526. The predicted molar refractivity (Wildman–Crippen MR) is 107 cm³/mol. The molecule has 146 valence electrons. The summed E-state index contributed by atoms with van der Waals surface area (Å²) in [6.07, 6.45) is 2.93. The van der Waals surface area contributed by atoms with Crippen LogP contribution in [0.2, 0.25) is 0 Å². The molecule has 1 unspecified atom stereocenters. The summed E-state index contributed by atoms with van der Waals surface area (Å²) >= 11 is 0. The van der Waals surface area contributed by atoms with E-state index in [0.29, 0.717) is 12.6 Å². The second kappa shape index (κ2) is 9.91. The number of guanidine groups is 1. The number of nitrogens with zero attached hydrogens (tertiary/aromatic N) is 4. The summed E-state index contributed by atoms with van der Waals surface area (Å²) in [5.41, 5.74) is 1.15. The molecule has 0 bridgehead atoms. The molecule has 2 aromatic rings. The van der Waals surface area contributed by atoms with Gasteiger partial charge in [-0.05, 0) is 25.0 Å². The first kappa shape index (κ1) is 19.2. The molecule has 0 saturated carbocycles. The van der Waals surface area contributed by atoms with Gasteiger partial charge in [0, 0.05) is 45.4 Å². The van der Waals surface area contributed by atoms with Crippen LogP contribution in [-0.2, 0) is 24.3 Å². The Balaban J connectivity index is 1.38. The molecule has 1 aliphatic rings. The predicted octanol–water partition coefficient (Wildman–Crippen LogP) is 1.41. The van der Waals surface area contributed by atoms with Crippen molar-refractivity contribution in [2.45, 2.75) is 38.5 Å². The normalized spacial score (nSPS) is 16.7. The van der Waals surface area contributed by atoms with Gasteiger partial charge < -0.3 is 20.7 Å². The fourth-order valence-corrected chi connectivity index (χ4v) is 3.14. The van der Waals surface area contributed by atoms with Crippen LogP contribution in [0.3, 0.4) is 0 Å². The summed E-state index contributed by atoms with van der Waals surface area (Å²) in [5, 5.41) is 14.8. The second-order valence-corrected chi connectivity index (χ2v) is 6.58. The fourth-order valence-electron chi connectivity index (χ4n) is 3.14. The number of anilines is 1. The molecule has 0 spiro atoms. The zero-order chi connectivity index (χ0) is 18.9. The zero-order valence-corrected chi connectivity index (χ0v) is 16.1. The second-order valence-electron chi connectivity index (χ2n) is 6.58. The molecule has 1 atom stereocenters. The first-order valence-corrected chi connectivity index (χ1v) is 9.46. The molecular formula is C19H29N7O. The van der Waals surface area contributed by atoms with Gasteiger partial charge in [0.1, 0.15) is 12.4 Å². The topological polar surface area (TPSA) is 88.4 Å². The minimum Gasteiger partial charge on any atom is -0.385 e. The maximum absolute atomic E-state index is 5.12. The summed E-state index contributed by atoms with van der Waals surface area (Å²) in [6.45, 7) is 3.03. The zero-order valence-electron chi connectivity index (χ0n) is 16.1. The smallest absolute Gasteiger partial charge is 0.191 e. The molecule has 0 amide bonds. The highest BCUT2D eigenvalue weighted by atomic mass is 16.5. The third kappa shape index (κ3) is 5.68. The van der Waals surface area contributed by atoms with Gasteiger partial charge in [0.05, 0.1) is 6.54 Å². The Morgan fingerprint density at radius 1 is 1.30 bits per heavy atom. The van der Waals surface area contributed by atoms with Gasteiger partial charge in [-0.25, -0.2) is 9.67 Å². The van der Waals surface area contributed by atoms with Crippen molar-refractivity contribution in [3.05, 3.63) is 42.0 Å². The van der Waals surface area contributed by atoms with Crippen LogP contribution in [0.25, 0.3) is 0 Å². The SMILES string of the molecule is CN=C(NCCCNc1ccccc1)NC1CCc2nc(COC)nn2C1. The molecule has 1 aromatic heterocycles. The molecular weight excluding hydrogens is 342 g/mol. The van der Waals surface area contributed by atoms with E-state index >= 15 is 0 Å². The number of para-hydroxylation sites is 1. The Hall–Kier alpha value is -2.61. The molecule has 27 heavy (non-hydrogen) atoms. The molecule has 0 radical (unpaired) electrons. The molecule has 8 nitrogen and oxygen atoms in total. The lowest BCUT2D eigenvalue weighted by Crippen LogP contribution is -2.47. The van der Waals surface area contributed by atoms with Gasteiger partial charge in [-0.3, -0.25) is 4.99 Å². The molecule has 0 aliphatic carbocycles. The Bertz CT molecular complexity index is 729. The minimum atomic E-state index is 0.295. The van der Waals surface area contributed by atoms with Crippen molar-refractivity contribution in [2.75, 3.05) is 32.6 Å². The summed E-state index contributed by atoms with van der Waals surface area (Å²) in [4.78, 5) is 8.85. The van der Waals surface area contributed by atoms with E-state index < -0.39 is 0 Å². The van der Waals surface area contributed by atoms with E-state index in [0.717, 1.165) is 62.2 Å². The van der Waals surface area contributed by atoms with Crippen LogP contribution in [-0.4, -0.2) is 54.0 Å². The van der Waals surface area contributed by atoms with Crippen LogP contribution >= 0.6 is 0 Å². The van der Waals surface area contributed by atoms with Crippen molar-refractivity contribution >= 4 is 11.6 Å². The number of benzene rings is 1. The van der Waals surface area contributed by atoms with E-state index in [1.165, 1.54) is 0 Å². The highest BCUT2D eigenvalue weighted by Gasteiger charge is 2.22. The molecule has 8 heteroatoms. The van der Waals surface area contributed by atoms with Gasteiger partial charge in [-0.2, -0.15) is 5.10 Å². The molecule has 3 N–H and O–H groups in total. The lowest BCUT2D eigenvalue weighted by atomic mass is 10.1. The summed E-state index contributed by atoms with van der Waals surface area (Å²) in [5.74, 6) is 2.62. The average Bonchev–Trinajstić information content (AvgIpc) is 3.09. The molecule has 3 rings (SSSR count). The summed E-state index contributed by atoms with van der Waals surface area (Å²) < 4.78 is 7.10. The van der Waals surface area contributed by atoms with Crippen molar-refractivity contribution < 1.29 is 4.74 Å². The van der Waals surface area contributed by atoms with E-state index in [1.807, 2.05) is 22.9 Å². The lowest BCUT2D eigenvalue weighted by Gasteiger charge is -2.25. The Kier molecular flexibility index (Phi) is 7.04. The van der Waals surface area contributed by atoms with Crippen LogP contribution in [0.1, 0.15) is 24.5 Å². The maximum Gasteiger partial charge on any atom is 0.191 e. The maximum atomic E-state index is 5.12. The third-order valence-electron chi connectivity index (χ3n) is 4.49. The van der Waals surface area contributed by atoms with Crippen molar-refractivity contribution in [3.63, 3.8) is 0 Å². The van der Waals surface area contributed by atoms with Crippen molar-refractivity contribution in [2.24, 2.45) is 4.99 Å². The number of fused-ring (bicyclic) bond motifs is 1. The Morgan fingerprint density at radius 3 is 2.93 bits per heavy atom. The van der Waals surface area contributed by atoms with Crippen LogP contribution in [0.15, 0.2) is 35.3 Å². The standard InChI is InChI=1S/C19H29N7O/c1-20-19(22-12-6-11-21-15-7-4-3-5-8-15)23-16-9-10-18-24-17(14-27-2)25-26(18)13-16/h3-5,7-8,16,21H,6,9-14H2,1-2H3,(H2,20,22,23). The quantitative estimate of drug-likeness (QED) is 0.369. The number of aliphatic imine (C=N–C) groups is 1. The van der Waals surface area contributed by atoms with Gasteiger partial charge in [0.2, 0.25) is 0 Å². The number of rotatable bonds is 8. The van der Waals surface area contributed by atoms with Gasteiger partial charge in [-0.15, -0.1) is 0 Å². The lowest BCUT2D eigenvalue weighted by molar-refractivity contribution is 0.177. The number of hydrogen-bond acceptors (Lipinski definition) is 5. The first-order valence-electron chi connectivity index (χ1n) is 9.46. The third-order valence-corrected chi connectivity index (χ3v) is 4.49. The highest BCUT2D eigenvalue weighted by Crippen LogP contribution is 2.13. The van der Waals surface area contributed by atoms with Gasteiger partial charge in [0.15, 0.2) is 11.8 Å². The number of aromatic nitrogens is 3. The van der Waals surface area contributed by atoms with E-state index in [1.54, 1.807) is 14.2 Å². The van der Waals surface area contributed by atoms with Crippen LogP contribution in [0.4, 0.5) is 5.69 Å². The monoisotopic (exact) mass is 371 g/mol. The van der Waals surface area contributed by atoms with E-state index in [-0.39, 0.29) is 0 Å². The number of methoxy groups -OCH3 is 1. The number of ether oxygens (including phenoxy) is 1.